The zero-order valence-electron chi connectivity index (χ0n) is 11.1. The van der Waals surface area contributed by atoms with Crippen molar-refractivity contribution in [3.05, 3.63) is 29.3 Å². The molecule has 1 fully saturated rings. The molecule has 96 valence electrons. The van der Waals surface area contributed by atoms with Gasteiger partial charge in [0.1, 0.15) is 0 Å². The van der Waals surface area contributed by atoms with Crippen molar-refractivity contribution >= 4 is 11.5 Å². The predicted octanol–water partition coefficient (Wildman–Crippen LogP) is 3.44. The zero-order chi connectivity index (χ0) is 12.5. The minimum atomic E-state index is 0.199. The van der Waals surface area contributed by atoms with Crippen LogP contribution in [0.4, 0.5) is 5.69 Å². The average molecular weight is 243 g/mol. The molecule has 1 aromatic carbocycles. The summed E-state index contributed by atoms with van der Waals surface area (Å²) in [5.41, 5.74) is 3.51. The first-order valence-electron chi connectivity index (χ1n) is 7.13. The van der Waals surface area contributed by atoms with Crippen molar-refractivity contribution in [1.82, 2.24) is 0 Å². The van der Waals surface area contributed by atoms with Gasteiger partial charge >= 0.3 is 0 Å². The minimum Gasteiger partial charge on any atom is -0.370 e. The fourth-order valence-corrected chi connectivity index (χ4v) is 3.50. The molecule has 2 aliphatic rings. The first-order valence-corrected chi connectivity index (χ1v) is 7.13. The Labute approximate surface area is 109 Å². The van der Waals surface area contributed by atoms with Crippen LogP contribution in [0.1, 0.15) is 48.5 Å². The topological polar surface area (TPSA) is 20.3 Å². The number of anilines is 1. The number of Topliss-reactive ketones (excluding diaryl/α,β-unsaturated/α-hetero) is 1. The molecule has 1 aliphatic carbocycles. The van der Waals surface area contributed by atoms with Gasteiger partial charge in [-0.2, -0.15) is 0 Å². The van der Waals surface area contributed by atoms with Crippen LogP contribution < -0.4 is 4.90 Å². The molecule has 2 nitrogen and oxygen atoms in total. The number of hydrogen-bond acceptors (Lipinski definition) is 2. The van der Waals surface area contributed by atoms with Crippen molar-refractivity contribution in [3.8, 4) is 0 Å². The molecule has 1 aliphatic heterocycles. The molecule has 0 amide bonds. The van der Waals surface area contributed by atoms with Crippen LogP contribution in [0, 0.1) is 5.92 Å². The Morgan fingerprint density at radius 2 is 2.11 bits per heavy atom. The molecule has 0 atom stereocenters. The van der Waals surface area contributed by atoms with Gasteiger partial charge in [0.15, 0.2) is 5.78 Å². The monoisotopic (exact) mass is 243 g/mol. The van der Waals surface area contributed by atoms with E-state index in [0.717, 1.165) is 31.0 Å². The average Bonchev–Trinajstić information content (AvgIpc) is 2.99. The second kappa shape index (κ2) is 4.75. The lowest BCUT2D eigenvalue weighted by Crippen LogP contribution is -2.27. The van der Waals surface area contributed by atoms with E-state index in [-0.39, 0.29) is 5.78 Å². The van der Waals surface area contributed by atoms with Crippen LogP contribution in [-0.2, 0) is 6.42 Å². The molecule has 1 heterocycles. The number of ketones is 1. The molecule has 1 aromatic rings. The molecular formula is C16H21NO. The Morgan fingerprint density at radius 3 is 2.83 bits per heavy atom. The number of carbonyl (C=O) groups excluding carboxylic acids is 1. The molecule has 0 aromatic heterocycles. The third-order valence-corrected chi connectivity index (χ3v) is 4.42. The van der Waals surface area contributed by atoms with E-state index in [0.29, 0.717) is 0 Å². The highest BCUT2D eigenvalue weighted by atomic mass is 16.1. The maximum Gasteiger partial charge on any atom is 0.161 e. The van der Waals surface area contributed by atoms with Crippen molar-refractivity contribution in [3.63, 3.8) is 0 Å². The Bertz CT molecular complexity index is 460. The van der Waals surface area contributed by atoms with E-state index in [1.165, 1.54) is 36.9 Å². The van der Waals surface area contributed by atoms with Crippen molar-refractivity contribution in [1.29, 1.82) is 0 Å². The lowest BCUT2D eigenvalue weighted by molar-refractivity contribution is 0.101. The number of rotatable bonds is 3. The smallest absolute Gasteiger partial charge is 0.161 e. The summed E-state index contributed by atoms with van der Waals surface area (Å²) in [7, 11) is 0. The second-order valence-corrected chi connectivity index (χ2v) is 5.72. The summed E-state index contributed by atoms with van der Waals surface area (Å²) in [4.78, 5) is 14.2. The maximum absolute atomic E-state index is 11.8. The molecule has 2 heteroatoms. The summed E-state index contributed by atoms with van der Waals surface area (Å²) in [5.74, 6) is 1.04. The Balaban J connectivity index is 1.87. The summed E-state index contributed by atoms with van der Waals surface area (Å²) < 4.78 is 0. The van der Waals surface area contributed by atoms with E-state index < -0.39 is 0 Å². The van der Waals surface area contributed by atoms with Crippen LogP contribution in [0.2, 0.25) is 0 Å². The lowest BCUT2D eigenvalue weighted by atomic mass is 10.0. The fourth-order valence-electron chi connectivity index (χ4n) is 3.50. The van der Waals surface area contributed by atoms with Crippen molar-refractivity contribution in [2.75, 3.05) is 18.0 Å². The standard InChI is InChI=1S/C16H21NO/c1-12(18)15-8-4-7-14-9-10-17(16(14)15)11-13-5-2-3-6-13/h4,7-8,13H,2-3,5-6,9-11H2,1H3. The molecule has 0 unspecified atom stereocenters. The maximum atomic E-state index is 11.8. The summed E-state index contributed by atoms with van der Waals surface area (Å²) >= 11 is 0. The van der Waals surface area contributed by atoms with E-state index in [4.69, 9.17) is 0 Å². The van der Waals surface area contributed by atoms with E-state index in [1.807, 2.05) is 12.1 Å². The molecule has 0 N–H and O–H groups in total. The van der Waals surface area contributed by atoms with Crippen molar-refractivity contribution < 1.29 is 4.79 Å². The van der Waals surface area contributed by atoms with Crippen molar-refractivity contribution in [2.45, 2.75) is 39.0 Å². The van der Waals surface area contributed by atoms with Crippen LogP contribution in [0.5, 0.6) is 0 Å². The van der Waals surface area contributed by atoms with Gasteiger partial charge < -0.3 is 4.90 Å². The van der Waals surface area contributed by atoms with Crippen LogP contribution >= 0.6 is 0 Å². The molecule has 18 heavy (non-hydrogen) atoms. The first kappa shape index (κ1) is 11.8. The molecule has 1 saturated carbocycles. The Kier molecular flexibility index (Phi) is 3.11. The quantitative estimate of drug-likeness (QED) is 0.758. The highest BCUT2D eigenvalue weighted by Crippen LogP contribution is 2.35. The Morgan fingerprint density at radius 1 is 1.33 bits per heavy atom. The van der Waals surface area contributed by atoms with Crippen LogP contribution in [0.15, 0.2) is 18.2 Å². The number of benzene rings is 1. The highest BCUT2D eigenvalue weighted by Gasteiger charge is 2.26. The number of nitrogens with zero attached hydrogens (tertiary/aromatic N) is 1. The first-order chi connectivity index (χ1) is 8.75. The largest absolute Gasteiger partial charge is 0.370 e. The fraction of sp³-hybridized carbons (Fsp3) is 0.562. The number of para-hydroxylation sites is 1. The minimum absolute atomic E-state index is 0.199. The third kappa shape index (κ3) is 2.05. The van der Waals surface area contributed by atoms with E-state index in [1.54, 1.807) is 6.92 Å². The van der Waals surface area contributed by atoms with E-state index in [9.17, 15) is 4.79 Å². The van der Waals surface area contributed by atoms with Gasteiger partial charge in [0.05, 0.1) is 5.69 Å². The number of fused-ring (bicyclic) bond motifs is 1. The van der Waals surface area contributed by atoms with Gasteiger partial charge in [-0.3, -0.25) is 4.79 Å². The summed E-state index contributed by atoms with van der Waals surface area (Å²) in [6.45, 7) is 3.93. The summed E-state index contributed by atoms with van der Waals surface area (Å²) in [6.07, 6.45) is 6.62. The second-order valence-electron chi connectivity index (χ2n) is 5.72. The molecule has 0 saturated heterocycles. The summed E-state index contributed by atoms with van der Waals surface area (Å²) in [6, 6.07) is 6.18. The van der Waals surface area contributed by atoms with Gasteiger partial charge in [0.25, 0.3) is 0 Å². The molecule has 3 rings (SSSR count). The molecule has 0 radical (unpaired) electrons. The lowest BCUT2D eigenvalue weighted by Gasteiger charge is -2.24. The van der Waals surface area contributed by atoms with Crippen LogP contribution in [0.25, 0.3) is 0 Å². The van der Waals surface area contributed by atoms with Gasteiger partial charge in [-0.15, -0.1) is 0 Å². The SMILES string of the molecule is CC(=O)c1cccc2c1N(CC1CCCC1)CC2. The number of hydrogen-bond donors (Lipinski definition) is 0. The van der Waals surface area contributed by atoms with Gasteiger partial charge in [0, 0.05) is 18.7 Å². The van der Waals surface area contributed by atoms with Gasteiger partial charge in [-0.25, -0.2) is 0 Å². The molecular weight excluding hydrogens is 222 g/mol. The Hall–Kier alpha value is -1.31. The third-order valence-electron chi connectivity index (χ3n) is 4.42. The van der Waals surface area contributed by atoms with E-state index in [2.05, 4.69) is 11.0 Å². The van der Waals surface area contributed by atoms with Crippen molar-refractivity contribution in [2.24, 2.45) is 5.92 Å². The van der Waals surface area contributed by atoms with Gasteiger partial charge in [-0.1, -0.05) is 25.0 Å². The molecule has 0 bridgehead atoms. The van der Waals surface area contributed by atoms with Crippen LogP contribution in [-0.4, -0.2) is 18.9 Å². The zero-order valence-corrected chi connectivity index (χ0v) is 11.1. The van der Waals surface area contributed by atoms with Gasteiger partial charge in [-0.05, 0) is 43.7 Å². The molecule has 0 spiro atoms. The highest BCUT2D eigenvalue weighted by molar-refractivity contribution is 6.00. The van der Waals surface area contributed by atoms with Crippen LogP contribution in [0.3, 0.4) is 0 Å². The normalized spacial score (nSPS) is 19.3. The number of carbonyl (C=O) groups is 1. The summed E-state index contributed by atoms with van der Waals surface area (Å²) in [5, 5.41) is 0. The van der Waals surface area contributed by atoms with Gasteiger partial charge in [0.2, 0.25) is 0 Å². The predicted molar refractivity (Wildman–Crippen MR) is 74.3 cm³/mol. The van der Waals surface area contributed by atoms with E-state index >= 15 is 0 Å².